The Kier molecular flexibility index (Phi) is 16.5. The first kappa shape index (κ1) is 45.5. The Bertz CT molecular complexity index is 1420. The van der Waals surface area contributed by atoms with E-state index >= 15 is 0 Å². The summed E-state index contributed by atoms with van der Waals surface area (Å²) >= 11 is 6.51. The van der Waals surface area contributed by atoms with Gasteiger partial charge in [-0.25, -0.2) is 4.79 Å². The predicted octanol–water partition coefficient (Wildman–Crippen LogP) is 5.33. The summed E-state index contributed by atoms with van der Waals surface area (Å²) in [6, 6.07) is -1.11. The van der Waals surface area contributed by atoms with Crippen molar-refractivity contribution in [3.8, 4) is 0 Å². The van der Waals surface area contributed by atoms with Gasteiger partial charge in [0.15, 0.2) is 0 Å². The Morgan fingerprint density at radius 2 is 1.58 bits per heavy atom. The number of amides is 1. The van der Waals surface area contributed by atoms with E-state index in [1.165, 1.54) is 19.1 Å². The van der Waals surface area contributed by atoms with Gasteiger partial charge in [0.1, 0.15) is 24.0 Å². The first-order valence-corrected chi connectivity index (χ1v) is 20.6. The molecule has 2 saturated heterocycles. The van der Waals surface area contributed by atoms with Crippen molar-refractivity contribution < 1.29 is 53.1 Å². The van der Waals surface area contributed by atoms with E-state index < -0.39 is 77.8 Å². The van der Waals surface area contributed by atoms with Gasteiger partial charge in [-0.3, -0.25) is 14.4 Å². The van der Waals surface area contributed by atoms with Crippen LogP contribution in [0, 0.1) is 29.6 Å². The molecule has 3 aliphatic heterocycles. The minimum atomic E-state index is -2.49. The molecule has 3 fully saturated rings. The number of Topliss-reactive ketones (excluding diaryl/α,β-unsaturated/α-hetero) is 2. The summed E-state index contributed by atoms with van der Waals surface area (Å²) in [6.07, 6.45) is 4.53. The van der Waals surface area contributed by atoms with E-state index in [9.17, 15) is 29.4 Å². The lowest BCUT2D eigenvalue weighted by Gasteiger charge is -2.47. The zero-order chi connectivity index (χ0) is 40.8. The summed E-state index contributed by atoms with van der Waals surface area (Å²) in [7, 11) is 4.70. The number of aliphatic hydroxyl groups excluding tert-OH is 1. The van der Waals surface area contributed by atoms with Gasteiger partial charge in [0.2, 0.25) is 5.79 Å². The zero-order valence-corrected chi connectivity index (χ0v) is 35.1. The Morgan fingerprint density at radius 3 is 2.24 bits per heavy atom. The monoisotopic (exact) mass is 795 g/mol. The third-order valence-corrected chi connectivity index (χ3v) is 13.0. The van der Waals surface area contributed by atoms with Crippen LogP contribution in [0.3, 0.4) is 0 Å². The van der Waals surface area contributed by atoms with Gasteiger partial charge >= 0.3 is 5.97 Å². The lowest BCUT2D eigenvalue weighted by atomic mass is 9.82. The average Bonchev–Trinajstić information content (AvgIpc) is 3.15. The average molecular weight is 796 g/mol. The number of alkyl halides is 1. The number of ether oxygens (including phenoxy) is 5. The van der Waals surface area contributed by atoms with E-state index in [1.807, 2.05) is 39.8 Å². The maximum absolute atomic E-state index is 14.2. The van der Waals surface area contributed by atoms with Gasteiger partial charge in [-0.15, -0.1) is 11.6 Å². The van der Waals surface area contributed by atoms with Crippen LogP contribution in [0.4, 0.5) is 0 Å². The zero-order valence-electron chi connectivity index (χ0n) is 34.3. The number of aliphatic hydroxyl groups is 2. The van der Waals surface area contributed by atoms with Crippen molar-refractivity contribution in [2.45, 2.75) is 160 Å². The molecule has 0 aromatic carbocycles. The molecule has 1 saturated carbocycles. The molecule has 2 N–H and O–H groups in total. The number of ketones is 2. The van der Waals surface area contributed by atoms with Crippen molar-refractivity contribution in [3.63, 3.8) is 0 Å². The summed E-state index contributed by atoms with van der Waals surface area (Å²) in [4.78, 5) is 57.4. The molecule has 0 aromatic rings. The lowest BCUT2D eigenvalue weighted by molar-refractivity contribution is -0.302. The number of fused-ring (bicyclic) bond motifs is 3. The minimum Gasteiger partial charge on any atom is -0.456 e. The van der Waals surface area contributed by atoms with Crippen LogP contribution in [0.2, 0.25) is 0 Å². The first-order chi connectivity index (χ1) is 25.9. The highest BCUT2D eigenvalue weighted by Gasteiger charge is 2.56. The molecule has 4 rings (SSSR count). The molecule has 1 aliphatic carbocycles. The molecule has 0 spiro atoms. The molecule has 0 aromatic heterocycles. The van der Waals surface area contributed by atoms with Crippen molar-refractivity contribution in [1.82, 2.24) is 4.90 Å². The van der Waals surface area contributed by atoms with Crippen LogP contribution in [0.5, 0.6) is 0 Å². The molecular weight excluding hydrogens is 730 g/mol. The number of piperidine rings is 1. The van der Waals surface area contributed by atoms with Crippen LogP contribution < -0.4 is 0 Å². The Labute approximate surface area is 332 Å². The van der Waals surface area contributed by atoms with Gasteiger partial charge in [-0.05, 0) is 89.0 Å². The van der Waals surface area contributed by atoms with E-state index in [0.717, 1.165) is 18.4 Å². The van der Waals surface area contributed by atoms with Crippen LogP contribution in [-0.2, 0) is 42.9 Å². The predicted molar refractivity (Wildman–Crippen MR) is 207 cm³/mol. The van der Waals surface area contributed by atoms with Crippen LogP contribution in [-0.4, -0.2) is 120 Å². The molecular formula is C42H66ClNO11. The van der Waals surface area contributed by atoms with Gasteiger partial charge in [0, 0.05) is 52.0 Å². The van der Waals surface area contributed by atoms with Gasteiger partial charge in [-0.1, -0.05) is 45.4 Å². The molecule has 0 radical (unpaired) electrons. The van der Waals surface area contributed by atoms with Crippen LogP contribution in [0.15, 0.2) is 23.3 Å². The number of hydrogen-bond donors (Lipinski definition) is 2. The number of nitrogens with zero attached hydrogens (tertiary/aromatic N) is 1. The number of allylic oxidation sites excluding steroid dienone is 3. The van der Waals surface area contributed by atoms with Crippen LogP contribution in [0.25, 0.3) is 0 Å². The molecule has 2 bridgehead atoms. The molecule has 13 heteroatoms. The van der Waals surface area contributed by atoms with Crippen LogP contribution in [0.1, 0.15) is 106 Å². The van der Waals surface area contributed by atoms with E-state index in [1.54, 1.807) is 21.0 Å². The van der Waals surface area contributed by atoms with E-state index in [4.69, 9.17) is 35.3 Å². The number of hydrogen-bond acceptors (Lipinski definition) is 11. The highest BCUT2D eigenvalue weighted by atomic mass is 35.5. The Hall–Kier alpha value is -2.19. The van der Waals surface area contributed by atoms with Crippen molar-refractivity contribution in [1.29, 1.82) is 0 Å². The maximum atomic E-state index is 14.2. The van der Waals surface area contributed by atoms with Gasteiger partial charge in [0.05, 0.1) is 29.8 Å². The van der Waals surface area contributed by atoms with E-state index in [-0.39, 0.29) is 54.9 Å². The second-order valence-electron chi connectivity index (χ2n) is 16.9. The fourth-order valence-corrected chi connectivity index (χ4v) is 9.46. The number of methoxy groups -OCH3 is 3. The lowest BCUT2D eigenvalue weighted by Crippen LogP contribution is -2.64. The summed E-state index contributed by atoms with van der Waals surface area (Å²) in [5.74, 6) is -7.40. The molecule has 1 amide bonds. The standard InChI is InChI=1S/C42H66ClNO11/c1-23-16-24(2)18-35(52-8)38-36(53-9)20-27(5)42(50,55-38)39(47)40(48)44-15-11-10-12-31(44)41(49)54-37(28(6)33(46)22-32(45)25(3)17-23)26(4)19-29-13-14-30(43)34(21-29)51-7/h17,19,24-25,27-31,33-38,46,50H,10-16,18,20-22H2,1-9H3/b23-17?,26-19+/t24-,25+,27+,28+,29-,30-,31-,33-,34+,35-,36-,37+,38+,42+/m0/s1. The molecule has 12 nitrogen and oxygen atoms in total. The largest absolute Gasteiger partial charge is 0.456 e. The second kappa shape index (κ2) is 20.0. The molecule has 312 valence electrons. The minimum absolute atomic E-state index is 0.0422. The number of carbonyl (C=O) groups excluding carboxylic acids is 4. The smallest absolute Gasteiger partial charge is 0.329 e. The number of esters is 1. The topological polar surface area (TPSA) is 158 Å². The fraction of sp³-hybridized carbons (Fsp3) is 0.810. The normalized spacial score (nSPS) is 41.2. The van der Waals surface area contributed by atoms with E-state index in [0.29, 0.717) is 37.7 Å². The number of carbonyl (C=O) groups is 4. The summed E-state index contributed by atoms with van der Waals surface area (Å²) < 4.78 is 29.8. The first-order valence-electron chi connectivity index (χ1n) is 20.2. The highest BCUT2D eigenvalue weighted by Crippen LogP contribution is 2.39. The van der Waals surface area contributed by atoms with E-state index in [2.05, 4.69) is 0 Å². The highest BCUT2D eigenvalue weighted by molar-refractivity contribution is 6.39. The molecule has 4 aliphatic rings. The van der Waals surface area contributed by atoms with Crippen molar-refractivity contribution >= 4 is 35.0 Å². The molecule has 0 unspecified atom stereocenters. The summed E-state index contributed by atoms with van der Waals surface area (Å²) in [5, 5.41) is 23.5. The van der Waals surface area contributed by atoms with Crippen molar-refractivity contribution in [2.75, 3.05) is 27.9 Å². The maximum Gasteiger partial charge on any atom is 0.329 e. The number of cyclic esters (lactones) is 1. The van der Waals surface area contributed by atoms with Crippen molar-refractivity contribution in [3.05, 3.63) is 23.3 Å². The second-order valence-corrected chi connectivity index (χ2v) is 17.4. The molecule has 3 heterocycles. The molecule has 55 heavy (non-hydrogen) atoms. The van der Waals surface area contributed by atoms with Crippen LogP contribution >= 0.6 is 11.6 Å². The van der Waals surface area contributed by atoms with Gasteiger partial charge in [0.25, 0.3) is 11.7 Å². The fourth-order valence-electron chi connectivity index (χ4n) is 9.13. The number of halogens is 1. The summed E-state index contributed by atoms with van der Waals surface area (Å²) in [6.45, 7) is 11.2. The quantitative estimate of drug-likeness (QED) is 0.161. The Morgan fingerprint density at radius 1 is 0.927 bits per heavy atom. The van der Waals surface area contributed by atoms with Crippen molar-refractivity contribution in [2.24, 2.45) is 29.6 Å². The van der Waals surface area contributed by atoms with Gasteiger partial charge < -0.3 is 38.8 Å². The third-order valence-electron chi connectivity index (χ3n) is 12.6. The molecule has 14 atom stereocenters. The Balaban J connectivity index is 1.75. The summed E-state index contributed by atoms with van der Waals surface area (Å²) in [5.41, 5.74) is 1.69. The third kappa shape index (κ3) is 10.9. The number of rotatable bonds is 5. The van der Waals surface area contributed by atoms with Gasteiger partial charge in [-0.2, -0.15) is 0 Å². The SMILES string of the molecule is CO[C@H]1C[C@@H](C)CC(C)=C[C@@H](C)C(=O)C[C@H](O)[C@@H](C)[C@@H](/C(C)=C/[C@@H]2CC[C@H](Cl)[C@H](OC)C2)OC(=O)[C@@H]2CCCCN2C(=O)C(=O)[C@]2(O)O[C@H]1[C@@H](OC)C[C@H]2C.